The molecule has 2 aliphatic heterocycles. The van der Waals surface area contributed by atoms with E-state index in [0.29, 0.717) is 30.8 Å². The van der Waals surface area contributed by atoms with Crippen molar-refractivity contribution in [1.29, 1.82) is 0 Å². The number of nitrogens with zero attached hydrogens (tertiary/aromatic N) is 2. The third-order valence-electron chi connectivity index (χ3n) is 5.79. The number of rotatable bonds is 7. The molecule has 0 radical (unpaired) electrons. The molecule has 4 rings (SSSR count). The molecule has 0 unspecified atom stereocenters. The average Bonchev–Trinajstić information content (AvgIpc) is 3.04. The van der Waals surface area contributed by atoms with Gasteiger partial charge in [-0.25, -0.2) is 14.5 Å². The van der Waals surface area contributed by atoms with Crippen LogP contribution in [0.5, 0.6) is 0 Å². The maximum atomic E-state index is 13.0. The summed E-state index contributed by atoms with van der Waals surface area (Å²) in [6.07, 6.45) is 2.66. The first-order chi connectivity index (χ1) is 15.4. The second kappa shape index (κ2) is 9.04. The normalized spacial score (nSPS) is 18.2. The number of imide groups is 1. The van der Waals surface area contributed by atoms with Crippen LogP contribution in [0.4, 0.5) is 10.5 Å². The first-order valence-electron chi connectivity index (χ1n) is 10.2. The van der Waals surface area contributed by atoms with Gasteiger partial charge in [0.2, 0.25) is 0 Å². The van der Waals surface area contributed by atoms with Crippen molar-refractivity contribution in [1.82, 2.24) is 10.2 Å². The van der Waals surface area contributed by atoms with Crippen LogP contribution in [-0.2, 0) is 22.6 Å². The first-order valence-corrected chi connectivity index (χ1v) is 11.6. The minimum atomic E-state index is -1.09. The molecule has 8 nitrogen and oxygen atoms in total. The van der Waals surface area contributed by atoms with Crippen LogP contribution in [0.2, 0.25) is 0 Å². The van der Waals surface area contributed by atoms with Gasteiger partial charge in [-0.3, -0.25) is 9.59 Å². The average molecular weight is 454 g/mol. The Morgan fingerprint density at radius 1 is 1.12 bits per heavy atom. The van der Waals surface area contributed by atoms with Crippen molar-refractivity contribution in [3.8, 4) is 0 Å². The Morgan fingerprint density at radius 3 is 2.47 bits per heavy atom. The minimum absolute atomic E-state index is 0.258. The number of carbonyl (C=O) groups excluding carboxylic acids is 3. The molecule has 2 aromatic carbocycles. The molecule has 4 amide bonds. The fourth-order valence-electron chi connectivity index (χ4n) is 4.05. The summed E-state index contributed by atoms with van der Waals surface area (Å²) in [6.45, 7) is 0.384. The van der Waals surface area contributed by atoms with Crippen molar-refractivity contribution < 1.29 is 24.3 Å². The standard InChI is InChI=1S/C23H23N3O5S/c1-32-11-10-18(22(29)30)24-20(27)14-6-8-17(9-7-14)26-21(28)19-12-15-4-2-3-5-16(15)13-25(19)23(26)31/h2-9,18-19H,10-13H2,1H3,(H,24,27)(H,29,30)/t18-,19+/m0/s1. The van der Waals surface area contributed by atoms with E-state index in [1.54, 1.807) is 4.90 Å². The van der Waals surface area contributed by atoms with Crippen LogP contribution in [0.1, 0.15) is 27.9 Å². The number of fused-ring (bicyclic) bond motifs is 2. The number of aliphatic carboxylic acids is 1. The highest BCUT2D eigenvalue weighted by Crippen LogP contribution is 2.32. The van der Waals surface area contributed by atoms with Gasteiger partial charge in [-0.2, -0.15) is 11.8 Å². The largest absolute Gasteiger partial charge is 0.480 e. The summed E-state index contributed by atoms with van der Waals surface area (Å²) in [5, 5.41) is 11.8. The minimum Gasteiger partial charge on any atom is -0.480 e. The van der Waals surface area contributed by atoms with Crippen molar-refractivity contribution in [3.63, 3.8) is 0 Å². The van der Waals surface area contributed by atoms with Crippen LogP contribution in [0.3, 0.4) is 0 Å². The van der Waals surface area contributed by atoms with E-state index in [2.05, 4.69) is 5.32 Å². The van der Waals surface area contributed by atoms with Gasteiger partial charge in [-0.1, -0.05) is 24.3 Å². The number of carboxylic acid groups (broad SMARTS) is 1. The molecular formula is C23H23N3O5S. The van der Waals surface area contributed by atoms with Crippen molar-refractivity contribution in [2.45, 2.75) is 31.5 Å². The lowest BCUT2D eigenvalue weighted by atomic mass is 9.95. The monoisotopic (exact) mass is 453 g/mol. The van der Waals surface area contributed by atoms with E-state index in [-0.39, 0.29) is 17.5 Å². The number of nitrogens with one attached hydrogen (secondary N) is 1. The van der Waals surface area contributed by atoms with Gasteiger partial charge < -0.3 is 15.3 Å². The summed E-state index contributed by atoms with van der Waals surface area (Å²) in [5.74, 6) is -1.28. The van der Waals surface area contributed by atoms with Crippen molar-refractivity contribution in [2.75, 3.05) is 16.9 Å². The molecule has 0 spiro atoms. The van der Waals surface area contributed by atoms with E-state index in [4.69, 9.17) is 0 Å². The molecule has 2 heterocycles. The van der Waals surface area contributed by atoms with Crippen molar-refractivity contribution in [3.05, 3.63) is 65.2 Å². The predicted octanol–water partition coefficient (Wildman–Crippen LogP) is 2.52. The molecule has 32 heavy (non-hydrogen) atoms. The topological polar surface area (TPSA) is 107 Å². The summed E-state index contributed by atoms with van der Waals surface area (Å²) in [7, 11) is 0. The SMILES string of the molecule is CSCC[C@H](NC(=O)c1ccc(N2C(=O)[C@H]3Cc4ccccc4CN3C2=O)cc1)C(=O)O. The van der Waals surface area contributed by atoms with Crippen molar-refractivity contribution in [2.24, 2.45) is 0 Å². The van der Waals surface area contributed by atoms with E-state index >= 15 is 0 Å². The number of urea groups is 1. The summed E-state index contributed by atoms with van der Waals surface area (Å²) in [4.78, 5) is 52.6. The van der Waals surface area contributed by atoms with Crippen LogP contribution in [0.25, 0.3) is 0 Å². The maximum Gasteiger partial charge on any atom is 0.332 e. The van der Waals surface area contributed by atoms with E-state index in [1.165, 1.54) is 36.0 Å². The zero-order valence-corrected chi connectivity index (χ0v) is 18.3. The molecule has 2 aliphatic rings. The molecular weight excluding hydrogens is 430 g/mol. The van der Waals surface area contributed by atoms with Gasteiger partial charge in [-0.05, 0) is 53.8 Å². The van der Waals surface area contributed by atoms with Gasteiger partial charge >= 0.3 is 12.0 Å². The van der Waals surface area contributed by atoms with Crippen LogP contribution < -0.4 is 10.2 Å². The van der Waals surface area contributed by atoms with E-state index in [9.17, 15) is 24.3 Å². The van der Waals surface area contributed by atoms with Crippen molar-refractivity contribution >= 4 is 41.3 Å². The van der Waals surface area contributed by atoms with Crippen LogP contribution in [0, 0.1) is 0 Å². The molecule has 0 aliphatic carbocycles. The molecule has 1 fully saturated rings. The first kappa shape index (κ1) is 21.9. The summed E-state index contributed by atoms with van der Waals surface area (Å²) in [5.41, 5.74) is 2.74. The molecule has 2 N–H and O–H groups in total. The van der Waals surface area contributed by atoms with Gasteiger partial charge in [0.25, 0.3) is 11.8 Å². The Bertz CT molecular complexity index is 1030. The molecule has 2 aromatic rings. The molecule has 0 aromatic heterocycles. The second-order valence-corrected chi connectivity index (χ2v) is 8.75. The summed E-state index contributed by atoms with van der Waals surface area (Å²) < 4.78 is 0. The predicted molar refractivity (Wildman–Crippen MR) is 121 cm³/mol. The van der Waals surface area contributed by atoms with Crippen LogP contribution >= 0.6 is 11.8 Å². The number of hydrogen-bond donors (Lipinski definition) is 2. The third kappa shape index (κ3) is 4.08. The highest BCUT2D eigenvalue weighted by molar-refractivity contribution is 7.98. The Balaban J connectivity index is 1.49. The molecule has 2 atom stereocenters. The zero-order chi connectivity index (χ0) is 22.8. The summed E-state index contributed by atoms with van der Waals surface area (Å²) >= 11 is 1.50. The number of carboxylic acids is 1. The number of benzene rings is 2. The lowest BCUT2D eigenvalue weighted by Crippen LogP contribution is -2.41. The maximum absolute atomic E-state index is 13.0. The third-order valence-corrected chi connectivity index (χ3v) is 6.44. The Kier molecular flexibility index (Phi) is 6.18. The van der Waals surface area contributed by atoms with Crippen LogP contribution in [-0.4, -0.2) is 57.9 Å². The van der Waals surface area contributed by atoms with Crippen LogP contribution in [0.15, 0.2) is 48.5 Å². The van der Waals surface area contributed by atoms with E-state index < -0.39 is 24.0 Å². The van der Waals surface area contributed by atoms with Gasteiger partial charge in [0, 0.05) is 18.5 Å². The lowest BCUT2D eigenvalue weighted by molar-refractivity contribution is -0.139. The van der Waals surface area contributed by atoms with Gasteiger partial charge in [0.05, 0.1) is 5.69 Å². The fourth-order valence-corrected chi connectivity index (χ4v) is 4.52. The number of thioether (sulfide) groups is 1. The van der Waals surface area contributed by atoms with Gasteiger partial charge in [0.1, 0.15) is 12.1 Å². The molecule has 0 bridgehead atoms. The number of hydrogen-bond acceptors (Lipinski definition) is 5. The molecule has 1 saturated heterocycles. The van der Waals surface area contributed by atoms with E-state index in [1.807, 2.05) is 30.5 Å². The fraction of sp³-hybridized carbons (Fsp3) is 0.304. The Morgan fingerprint density at radius 2 is 1.81 bits per heavy atom. The highest BCUT2D eigenvalue weighted by atomic mass is 32.2. The smallest absolute Gasteiger partial charge is 0.332 e. The zero-order valence-electron chi connectivity index (χ0n) is 17.5. The molecule has 9 heteroatoms. The Labute approximate surface area is 189 Å². The Hall–Kier alpha value is -3.33. The van der Waals surface area contributed by atoms with Gasteiger partial charge in [0.15, 0.2) is 0 Å². The molecule has 166 valence electrons. The summed E-state index contributed by atoms with van der Waals surface area (Å²) in [6, 6.07) is 11.9. The van der Waals surface area contributed by atoms with Gasteiger partial charge in [-0.15, -0.1) is 0 Å². The second-order valence-electron chi connectivity index (χ2n) is 7.77. The highest BCUT2D eigenvalue weighted by Gasteiger charge is 2.47. The number of carbonyl (C=O) groups is 4. The van der Waals surface area contributed by atoms with E-state index in [0.717, 1.165) is 16.0 Å². The number of anilines is 1. The molecule has 0 saturated carbocycles. The quantitative estimate of drug-likeness (QED) is 0.624. The number of amides is 4. The lowest BCUT2D eigenvalue weighted by Gasteiger charge is -2.28.